The normalized spacial score (nSPS) is 23.3. The zero-order valence-corrected chi connectivity index (χ0v) is 11.6. The molecule has 1 fully saturated rings. The van der Waals surface area contributed by atoms with Gasteiger partial charge in [0, 0.05) is 6.04 Å². The number of ether oxygens (including phenoxy) is 1. The van der Waals surface area contributed by atoms with Crippen molar-refractivity contribution in [2.75, 3.05) is 0 Å². The van der Waals surface area contributed by atoms with Gasteiger partial charge in [0.25, 0.3) is 0 Å². The van der Waals surface area contributed by atoms with Crippen LogP contribution in [-0.4, -0.2) is 37.7 Å². The fourth-order valence-electron chi connectivity index (χ4n) is 1.97. The van der Waals surface area contributed by atoms with Crippen LogP contribution in [0.15, 0.2) is 0 Å². The quantitative estimate of drug-likeness (QED) is 0.666. The first-order chi connectivity index (χ1) is 8.71. The Morgan fingerprint density at radius 2 is 1.95 bits per heavy atom. The van der Waals surface area contributed by atoms with Crippen LogP contribution in [0.4, 0.5) is 4.79 Å². The van der Waals surface area contributed by atoms with Crippen LogP contribution in [0, 0.1) is 5.92 Å². The molecular formula is C10H18N2O6S. The van der Waals surface area contributed by atoms with Crippen molar-refractivity contribution in [2.45, 2.75) is 45.3 Å². The van der Waals surface area contributed by atoms with E-state index in [1.54, 1.807) is 18.6 Å². The lowest BCUT2D eigenvalue weighted by Gasteiger charge is -2.18. The molecule has 0 heterocycles. The van der Waals surface area contributed by atoms with Crippen molar-refractivity contribution in [3.8, 4) is 0 Å². The lowest BCUT2D eigenvalue weighted by atomic mass is 10.1. The maximum absolute atomic E-state index is 11.6. The Kier molecular flexibility index (Phi) is 5.12. The lowest BCUT2D eigenvalue weighted by molar-refractivity contribution is -0.141. The first-order valence-corrected chi connectivity index (χ1v) is 7.43. The monoisotopic (exact) mass is 294 g/mol. The third-order valence-electron chi connectivity index (χ3n) is 2.70. The summed E-state index contributed by atoms with van der Waals surface area (Å²) < 4.78 is 31.8. The average Bonchev–Trinajstić information content (AvgIpc) is 2.61. The number of carboxylic acid groups (broad SMARTS) is 1. The molecule has 110 valence electrons. The largest absolute Gasteiger partial charge is 0.481 e. The minimum Gasteiger partial charge on any atom is -0.481 e. The fraction of sp³-hybridized carbons (Fsp3) is 0.800. The Bertz CT molecular complexity index is 447. The molecule has 0 bridgehead atoms. The smallest absolute Gasteiger partial charge is 0.422 e. The van der Waals surface area contributed by atoms with Crippen LogP contribution in [0.3, 0.4) is 0 Å². The van der Waals surface area contributed by atoms with E-state index in [2.05, 4.69) is 9.46 Å². The van der Waals surface area contributed by atoms with E-state index in [9.17, 15) is 18.0 Å². The van der Waals surface area contributed by atoms with Crippen LogP contribution < -0.4 is 9.44 Å². The second kappa shape index (κ2) is 6.20. The average molecular weight is 294 g/mol. The van der Waals surface area contributed by atoms with Gasteiger partial charge < -0.3 is 9.84 Å². The van der Waals surface area contributed by atoms with Crippen molar-refractivity contribution in [1.82, 2.24) is 9.44 Å². The SMILES string of the molecule is CC(C)OC(=O)NS(=O)(=O)NC1CCCC1C(=O)O. The van der Waals surface area contributed by atoms with E-state index >= 15 is 0 Å². The molecule has 9 heteroatoms. The predicted molar refractivity (Wildman–Crippen MR) is 65.6 cm³/mol. The fourth-order valence-corrected chi connectivity index (χ4v) is 2.98. The van der Waals surface area contributed by atoms with Crippen molar-refractivity contribution in [2.24, 2.45) is 5.92 Å². The van der Waals surface area contributed by atoms with Crippen molar-refractivity contribution >= 4 is 22.3 Å². The number of hydrogen-bond donors (Lipinski definition) is 3. The van der Waals surface area contributed by atoms with Crippen LogP contribution in [0.25, 0.3) is 0 Å². The number of amides is 1. The molecule has 0 saturated heterocycles. The molecule has 1 saturated carbocycles. The first kappa shape index (κ1) is 15.7. The molecule has 19 heavy (non-hydrogen) atoms. The summed E-state index contributed by atoms with van der Waals surface area (Å²) in [5, 5.41) is 8.93. The van der Waals surface area contributed by atoms with E-state index < -0.39 is 40.3 Å². The summed E-state index contributed by atoms with van der Waals surface area (Å²) in [7, 11) is -4.11. The topological polar surface area (TPSA) is 122 Å². The molecule has 8 nitrogen and oxygen atoms in total. The first-order valence-electron chi connectivity index (χ1n) is 5.95. The highest BCUT2D eigenvalue weighted by atomic mass is 32.2. The molecule has 0 aliphatic heterocycles. The molecule has 3 N–H and O–H groups in total. The number of aliphatic carboxylic acids is 1. The summed E-state index contributed by atoms with van der Waals surface area (Å²) in [4.78, 5) is 22.1. The number of carboxylic acids is 1. The predicted octanol–water partition coefficient (Wildman–Crippen LogP) is 0.209. The van der Waals surface area contributed by atoms with Gasteiger partial charge in [-0.25, -0.2) is 9.52 Å². The van der Waals surface area contributed by atoms with Gasteiger partial charge in [-0.3, -0.25) is 4.79 Å². The third kappa shape index (κ3) is 5.03. The van der Waals surface area contributed by atoms with E-state index in [1.807, 2.05) is 0 Å². The molecule has 1 rings (SSSR count). The van der Waals surface area contributed by atoms with Gasteiger partial charge in [0.1, 0.15) is 0 Å². The van der Waals surface area contributed by atoms with Gasteiger partial charge in [0.15, 0.2) is 0 Å². The highest BCUT2D eigenvalue weighted by molar-refractivity contribution is 7.88. The van der Waals surface area contributed by atoms with Gasteiger partial charge in [-0.1, -0.05) is 6.42 Å². The third-order valence-corrected chi connectivity index (χ3v) is 3.75. The van der Waals surface area contributed by atoms with Crippen molar-refractivity contribution in [3.05, 3.63) is 0 Å². The van der Waals surface area contributed by atoms with Gasteiger partial charge in [-0.05, 0) is 26.7 Å². The lowest BCUT2D eigenvalue weighted by Crippen LogP contribution is -2.47. The number of carbonyl (C=O) groups is 2. The minimum atomic E-state index is -4.11. The van der Waals surface area contributed by atoms with Gasteiger partial charge in [0.05, 0.1) is 12.0 Å². The summed E-state index contributed by atoms with van der Waals surface area (Å²) in [5.41, 5.74) is 0. The maximum atomic E-state index is 11.6. The van der Waals surface area contributed by atoms with Gasteiger partial charge >= 0.3 is 22.3 Å². The second-order valence-electron chi connectivity index (χ2n) is 4.66. The van der Waals surface area contributed by atoms with Crippen molar-refractivity contribution < 1.29 is 27.9 Å². The van der Waals surface area contributed by atoms with E-state index in [-0.39, 0.29) is 0 Å². The molecule has 2 unspecified atom stereocenters. The van der Waals surface area contributed by atoms with Gasteiger partial charge in [-0.2, -0.15) is 13.1 Å². The summed E-state index contributed by atoms with van der Waals surface area (Å²) >= 11 is 0. The molecule has 0 aromatic carbocycles. The van der Waals surface area contributed by atoms with Crippen molar-refractivity contribution in [1.29, 1.82) is 0 Å². The molecule has 0 aromatic rings. The molecule has 2 atom stereocenters. The Morgan fingerprint density at radius 1 is 1.32 bits per heavy atom. The molecular weight excluding hydrogens is 276 g/mol. The van der Waals surface area contributed by atoms with E-state index in [4.69, 9.17) is 5.11 Å². The van der Waals surface area contributed by atoms with Crippen LogP contribution in [0.5, 0.6) is 0 Å². The Labute approximate surface area is 111 Å². The zero-order valence-electron chi connectivity index (χ0n) is 10.8. The Hall–Kier alpha value is -1.35. The maximum Gasteiger partial charge on any atom is 0.422 e. The zero-order chi connectivity index (χ0) is 14.6. The minimum absolute atomic E-state index is 0.416. The Balaban J connectivity index is 2.59. The molecule has 1 amide bonds. The highest BCUT2D eigenvalue weighted by Crippen LogP contribution is 2.26. The molecule has 0 radical (unpaired) electrons. The van der Waals surface area contributed by atoms with Gasteiger partial charge in [-0.15, -0.1) is 0 Å². The van der Waals surface area contributed by atoms with E-state index in [1.165, 1.54) is 0 Å². The number of carbonyl (C=O) groups excluding carboxylic acids is 1. The number of nitrogens with one attached hydrogen (secondary N) is 2. The Morgan fingerprint density at radius 3 is 2.47 bits per heavy atom. The van der Waals surface area contributed by atoms with Crippen LogP contribution in [0.2, 0.25) is 0 Å². The van der Waals surface area contributed by atoms with Crippen LogP contribution in [0.1, 0.15) is 33.1 Å². The standard InChI is InChI=1S/C10H18N2O6S/c1-6(2)18-10(15)12-19(16,17)11-8-5-3-4-7(8)9(13)14/h6-8,11H,3-5H2,1-2H3,(H,12,15)(H,13,14). The second-order valence-corrected chi connectivity index (χ2v) is 6.11. The van der Waals surface area contributed by atoms with E-state index in [0.717, 1.165) is 0 Å². The summed E-state index contributed by atoms with van der Waals surface area (Å²) in [6.07, 6.45) is -0.0720. The molecule has 0 aromatic heterocycles. The van der Waals surface area contributed by atoms with Gasteiger partial charge in [0.2, 0.25) is 0 Å². The molecule has 1 aliphatic rings. The van der Waals surface area contributed by atoms with E-state index in [0.29, 0.717) is 19.3 Å². The number of rotatable bonds is 5. The number of hydrogen-bond acceptors (Lipinski definition) is 5. The van der Waals surface area contributed by atoms with Crippen molar-refractivity contribution in [3.63, 3.8) is 0 Å². The summed E-state index contributed by atoms with van der Waals surface area (Å²) in [5.74, 6) is -1.81. The summed E-state index contributed by atoms with van der Waals surface area (Å²) in [6, 6.07) is -0.707. The molecule has 1 aliphatic carbocycles. The summed E-state index contributed by atoms with van der Waals surface area (Å²) in [6.45, 7) is 3.16. The van der Waals surface area contributed by atoms with Crippen LogP contribution in [-0.2, 0) is 19.7 Å². The molecule has 0 spiro atoms. The van der Waals surface area contributed by atoms with Crippen LogP contribution >= 0.6 is 0 Å². The highest BCUT2D eigenvalue weighted by Gasteiger charge is 2.35.